The average Bonchev–Trinajstić information content (AvgIpc) is 2.19. The molecule has 1 heterocycles. The van der Waals surface area contributed by atoms with Gasteiger partial charge < -0.3 is 4.90 Å². The summed E-state index contributed by atoms with van der Waals surface area (Å²) < 4.78 is 0. The highest BCUT2D eigenvalue weighted by Crippen LogP contribution is 2.01. The number of hydrogen-bond donors (Lipinski definition) is 0. The van der Waals surface area contributed by atoms with E-state index in [-0.39, 0.29) is 0 Å². The van der Waals surface area contributed by atoms with Gasteiger partial charge in [0.05, 0.1) is 0 Å². The van der Waals surface area contributed by atoms with E-state index in [0.717, 1.165) is 5.56 Å². The topological polar surface area (TPSA) is 52.3 Å². The Balaban J connectivity index is 2.63. The SMILES string of the molecule is CC(=NC#N)N(C)Cc1cccnc1. The quantitative estimate of drug-likeness (QED) is 0.400. The molecule has 0 unspecified atom stereocenters. The molecule has 72 valence electrons. The van der Waals surface area contributed by atoms with Gasteiger partial charge in [0.25, 0.3) is 0 Å². The van der Waals surface area contributed by atoms with Crippen LogP contribution in [0.5, 0.6) is 0 Å². The molecule has 0 saturated carbocycles. The van der Waals surface area contributed by atoms with Gasteiger partial charge in [-0.2, -0.15) is 10.3 Å². The molecule has 0 spiro atoms. The van der Waals surface area contributed by atoms with Crippen LogP contribution in [-0.4, -0.2) is 22.8 Å². The van der Waals surface area contributed by atoms with Gasteiger partial charge in [-0.3, -0.25) is 4.98 Å². The van der Waals surface area contributed by atoms with Crippen molar-refractivity contribution >= 4 is 5.84 Å². The Morgan fingerprint density at radius 1 is 1.71 bits per heavy atom. The molecule has 0 saturated heterocycles. The maximum Gasteiger partial charge on any atom is 0.207 e. The number of aromatic nitrogens is 1. The van der Waals surface area contributed by atoms with E-state index in [1.165, 1.54) is 0 Å². The Hall–Kier alpha value is -1.89. The van der Waals surface area contributed by atoms with E-state index in [2.05, 4.69) is 9.98 Å². The van der Waals surface area contributed by atoms with Gasteiger partial charge in [-0.25, -0.2) is 0 Å². The summed E-state index contributed by atoms with van der Waals surface area (Å²) in [4.78, 5) is 9.56. The highest BCUT2D eigenvalue weighted by atomic mass is 15.2. The van der Waals surface area contributed by atoms with E-state index in [1.807, 2.05) is 24.1 Å². The second-order valence-corrected chi connectivity index (χ2v) is 2.98. The van der Waals surface area contributed by atoms with E-state index in [4.69, 9.17) is 5.26 Å². The molecule has 0 radical (unpaired) electrons. The minimum absolute atomic E-state index is 0.705. The van der Waals surface area contributed by atoms with Crippen molar-refractivity contribution in [3.8, 4) is 6.19 Å². The van der Waals surface area contributed by atoms with Crippen molar-refractivity contribution in [2.45, 2.75) is 13.5 Å². The number of rotatable bonds is 2. The molecular formula is C10H12N4. The molecule has 4 heteroatoms. The molecule has 0 aliphatic rings. The van der Waals surface area contributed by atoms with Crippen LogP contribution in [0.2, 0.25) is 0 Å². The zero-order chi connectivity index (χ0) is 10.4. The second-order valence-electron chi connectivity index (χ2n) is 2.98. The third kappa shape index (κ3) is 2.87. The molecule has 1 rings (SSSR count). The van der Waals surface area contributed by atoms with Crippen molar-refractivity contribution in [2.24, 2.45) is 4.99 Å². The van der Waals surface area contributed by atoms with Crippen LogP contribution in [0.3, 0.4) is 0 Å². The minimum Gasteiger partial charge on any atom is -0.358 e. The molecule has 0 atom stereocenters. The standard InChI is InChI=1S/C10H12N4/c1-9(13-8-11)14(2)7-10-4-3-5-12-6-10/h3-6H,7H2,1-2H3. The van der Waals surface area contributed by atoms with Crippen molar-refractivity contribution < 1.29 is 0 Å². The minimum atomic E-state index is 0.705. The Morgan fingerprint density at radius 3 is 3.07 bits per heavy atom. The zero-order valence-electron chi connectivity index (χ0n) is 8.31. The molecule has 4 nitrogen and oxygen atoms in total. The largest absolute Gasteiger partial charge is 0.358 e. The molecule has 0 amide bonds. The first-order valence-corrected chi connectivity index (χ1v) is 4.27. The first-order chi connectivity index (χ1) is 6.74. The molecule has 0 aliphatic heterocycles. The molecule has 0 aromatic carbocycles. The van der Waals surface area contributed by atoms with Crippen LogP contribution in [0.25, 0.3) is 0 Å². The summed E-state index contributed by atoms with van der Waals surface area (Å²) in [5.41, 5.74) is 1.10. The molecule has 0 fully saturated rings. The first-order valence-electron chi connectivity index (χ1n) is 4.27. The molecular weight excluding hydrogens is 176 g/mol. The first kappa shape index (κ1) is 10.2. The van der Waals surface area contributed by atoms with Crippen LogP contribution in [0.15, 0.2) is 29.5 Å². The van der Waals surface area contributed by atoms with Crippen molar-refractivity contribution in [1.29, 1.82) is 5.26 Å². The van der Waals surface area contributed by atoms with Gasteiger partial charge in [-0.05, 0) is 18.6 Å². The molecule has 1 aromatic rings. The van der Waals surface area contributed by atoms with Gasteiger partial charge in [0.1, 0.15) is 5.84 Å². The number of hydrogen-bond acceptors (Lipinski definition) is 3. The summed E-state index contributed by atoms with van der Waals surface area (Å²) in [6.07, 6.45) is 5.30. The van der Waals surface area contributed by atoms with Gasteiger partial charge >= 0.3 is 0 Å². The van der Waals surface area contributed by atoms with Crippen molar-refractivity contribution in [3.63, 3.8) is 0 Å². The van der Waals surface area contributed by atoms with Crippen LogP contribution in [0.4, 0.5) is 0 Å². The summed E-state index contributed by atoms with van der Waals surface area (Å²) in [7, 11) is 1.89. The maximum absolute atomic E-state index is 8.38. The van der Waals surface area contributed by atoms with Crippen LogP contribution >= 0.6 is 0 Å². The smallest absolute Gasteiger partial charge is 0.207 e. The molecule has 0 aliphatic carbocycles. The Morgan fingerprint density at radius 2 is 2.50 bits per heavy atom. The van der Waals surface area contributed by atoms with Crippen LogP contribution in [0, 0.1) is 11.5 Å². The monoisotopic (exact) mass is 188 g/mol. The summed E-state index contributed by atoms with van der Waals surface area (Å²) in [5.74, 6) is 0.705. The van der Waals surface area contributed by atoms with E-state index in [1.54, 1.807) is 25.5 Å². The number of nitrogens with zero attached hydrogens (tertiary/aromatic N) is 4. The van der Waals surface area contributed by atoms with Crippen LogP contribution < -0.4 is 0 Å². The number of nitriles is 1. The van der Waals surface area contributed by atoms with Gasteiger partial charge in [-0.1, -0.05) is 6.07 Å². The summed E-state index contributed by atoms with van der Waals surface area (Å²) >= 11 is 0. The molecule has 14 heavy (non-hydrogen) atoms. The van der Waals surface area contributed by atoms with Crippen molar-refractivity contribution in [1.82, 2.24) is 9.88 Å². The summed E-state index contributed by atoms with van der Waals surface area (Å²) in [6, 6.07) is 3.88. The maximum atomic E-state index is 8.38. The highest BCUT2D eigenvalue weighted by molar-refractivity contribution is 5.80. The van der Waals surface area contributed by atoms with Crippen LogP contribution in [0.1, 0.15) is 12.5 Å². The lowest BCUT2D eigenvalue weighted by molar-refractivity contribution is 0.497. The van der Waals surface area contributed by atoms with Gasteiger partial charge in [0.2, 0.25) is 6.19 Å². The fourth-order valence-electron chi connectivity index (χ4n) is 1.04. The number of pyridine rings is 1. The lowest BCUT2D eigenvalue weighted by Crippen LogP contribution is -2.23. The third-order valence-corrected chi connectivity index (χ3v) is 1.91. The zero-order valence-corrected chi connectivity index (χ0v) is 8.31. The second kappa shape index (κ2) is 4.97. The predicted molar refractivity (Wildman–Crippen MR) is 54.4 cm³/mol. The summed E-state index contributed by atoms with van der Waals surface area (Å²) in [6.45, 7) is 2.52. The number of amidine groups is 1. The average molecular weight is 188 g/mol. The molecule has 1 aromatic heterocycles. The van der Waals surface area contributed by atoms with E-state index < -0.39 is 0 Å². The summed E-state index contributed by atoms with van der Waals surface area (Å²) in [5, 5.41) is 8.38. The Labute approximate surface area is 83.5 Å². The lowest BCUT2D eigenvalue weighted by Gasteiger charge is -2.16. The van der Waals surface area contributed by atoms with Gasteiger partial charge in [0.15, 0.2) is 0 Å². The van der Waals surface area contributed by atoms with E-state index in [9.17, 15) is 0 Å². The highest BCUT2D eigenvalue weighted by Gasteiger charge is 2.01. The fraction of sp³-hybridized carbons (Fsp3) is 0.300. The molecule has 0 bridgehead atoms. The molecule has 0 N–H and O–H groups in total. The fourth-order valence-corrected chi connectivity index (χ4v) is 1.04. The predicted octanol–water partition coefficient (Wildman–Crippen LogP) is 1.41. The van der Waals surface area contributed by atoms with Crippen molar-refractivity contribution in [2.75, 3.05) is 7.05 Å². The van der Waals surface area contributed by atoms with E-state index in [0.29, 0.717) is 12.4 Å². The van der Waals surface area contributed by atoms with Crippen molar-refractivity contribution in [3.05, 3.63) is 30.1 Å². The third-order valence-electron chi connectivity index (χ3n) is 1.91. The van der Waals surface area contributed by atoms with E-state index >= 15 is 0 Å². The Kier molecular flexibility index (Phi) is 3.62. The van der Waals surface area contributed by atoms with Gasteiger partial charge in [-0.15, -0.1) is 0 Å². The normalized spacial score (nSPS) is 10.8. The van der Waals surface area contributed by atoms with Gasteiger partial charge in [0, 0.05) is 26.0 Å². The number of aliphatic imine (C=N–C) groups is 1. The lowest BCUT2D eigenvalue weighted by atomic mass is 10.3. The van der Waals surface area contributed by atoms with Crippen LogP contribution in [-0.2, 0) is 6.54 Å². The Bertz CT molecular complexity index is 350.